The molecule has 0 unspecified atom stereocenters. The Morgan fingerprint density at radius 3 is 2.60 bits per heavy atom. The molecule has 1 aromatic heterocycles. The van der Waals surface area contributed by atoms with Gasteiger partial charge in [0.1, 0.15) is 12.2 Å². The first-order chi connectivity index (χ1) is 9.47. The first-order valence-corrected chi connectivity index (χ1v) is 6.56. The van der Waals surface area contributed by atoms with Crippen LogP contribution >= 0.6 is 0 Å². The molecule has 0 spiro atoms. The van der Waals surface area contributed by atoms with E-state index in [4.69, 9.17) is 5.11 Å². The summed E-state index contributed by atoms with van der Waals surface area (Å²) >= 11 is 0. The maximum absolute atomic E-state index is 12.4. The molecule has 1 aromatic carbocycles. The van der Waals surface area contributed by atoms with Gasteiger partial charge in [0.25, 0.3) is 5.91 Å². The standard InChI is InChI=1S/C15H18N2O3/c1-10(2)8-17(9-14(18)19)15(20)13-7-11-5-3-4-6-12(11)16-13/h3-7,10,16H,8-9H2,1-2H3,(H,18,19). The number of hydrogen-bond acceptors (Lipinski definition) is 2. The van der Waals surface area contributed by atoms with Crippen LogP contribution in [0.3, 0.4) is 0 Å². The summed E-state index contributed by atoms with van der Waals surface area (Å²) in [6.45, 7) is 4.04. The van der Waals surface area contributed by atoms with E-state index in [9.17, 15) is 9.59 Å². The SMILES string of the molecule is CC(C)CN(CC(=O)O)C(=O)c1cc2ccccc2[nH]1. The normalized spacial score (nSPS) is 10.9. The highest BCUT2D eigenvalue weighted by Gasteiger charge is 2.21. The first kappa shape index (κ1) is 14.1. The zero-order chi connectivity index (χ0) is 14.7. The van der Waals surface area contributed by atoms with Crippen LogP contribution in [-0.2, 0) is 4.79 Å². The van der Waals surface area contributed by atoms with Crippen molar-refractivity contribution in [3.05, 3.63) is 36.0 Å². The van der Waals surface area contributed by atoms with E-state index in [2.05, 4.69) is 4.98 Å². The van der Waals surface area contributed by atoms with Crippen molar-refractivity contribution in [1.82, 2.24) is 9.88 Å². The van der Waals surface area contributed by atoms with E-state index >= 15 is 0 Å². The molecule has 106 valence electrons. The molecule has 1 amide bonds. The Hall–Kier alpha value is -2.30. The smallest absolute Gasteiger partial charge is 0.323 e. The number of rotatable bonds is 5. The van der Waals surface area contributed by atoms with Gasteiger partial charge in [-0.05, 0) is 18.1 Å². The number of para-hydroxylation sites is 1. The fraction of sp³-hybridized carbons (Fsp3) is 0.333. The molecule has 0 aliphatic carbocycles. The number of aromatic nitrogens is 1. The molecule has 0 saturated heterocycles. The number of fused-ring (bicyclic) bond motifs is 1. The zero-order valence-electron chi connectivity index (χ0n) is 11.6. The van der Waals surface area contributed by atoms with Crippen molar-refractivity contribution in [3.8, 4) is 0 Å². The monoisotopic (exact) mass is 274 g/mol. The number of amides is 1. The minimum absolute atomic E-state index is 0.211. The number of carboxylic acid groups (broad SMARTS) is 1. The molecule has 2 N–H and O–H groups in total. The first-order valence-electron chi connectivity index (χ1n) is 6.56. The molecule has 0 radical (unpaired) electrons. The van der Waals surface area contributed by atoms with Gasteiger partial charge in [0.05, 0.1) is 0 Å². The van der Waals surface area contributed by atoms with E-state index in [0.29, 0.717) is 12.2 Å². The van der Waals surface area contributed by atoms with Crippen LogP contribution in [-0.4, -0.2) is 40.0 Å². The molecule has 5 nitrogen and oxygen atoms in total. The third-order valence-electron chi connectivity index (χ3n) is 2.96. The number of benzene rings is 1. The molecule has 0 bridgehead atoms. The third kappa shape index (κ3) is 3.17. The topological polar surface area (TPSA) is 73.4 Å². The summed E-state index contributed by atoms with van der Waals surface area (Å²) < 4.78 is 0. The van der Waals surface area contributed by atoms with Gasteiger partial charge in [-0.3, -0.25) is 9.59 Å². The lowest BCUT2D eigenvalue weighted by atomic mass is 10.2. The molecule has 0 aliphatic heterocycles. The quantitative estimate of drug-likeness (QED) is 0.879. The van der Waals surface area contributed by atoms with Crippen LogP contribution in [0, 0.1) is 5.92 Å². The van der Waals surface area contributed by atoms with Crippen LogP contribution in [0.5, 0.6) is 0 Å². The molecule has 2 rings (SSSR count). The number of nitrogens with zero attached hydrogens (tertiary/aromatic N) is 1. The Labute approximate surface area is 117 Å². The lowest BCUT2D eigenvalue weighted by Gasteiger charge is -2.22. The Balaban J connectivity index is 2.27. The molecular formula is C15H18N2O3. The largest absolute Gasteiger partial charge is 0.480 e. The molecule has 1 heterocycles. The van der Waals surface area contributed by atoms with Gasteiger partial charge >= 0.3 is 5.97 Å². The molecule has 5 heteroatoms. The molecular weight excluding hydrogens is 256 g/mol. The number of aliphatic carboxylic acids is 1. The minimum atomic E-state index is -1.00. The van der Waals surface area contributed by atoms with Gasteiger partial charge in [-0.15, -0.1) is 0 Å². The summed E-state index contributed by atoms with van der Waals surface area (Å²) in [6.07, 6.45) is 0. The zero-order valence-corrected chi connectivity index (χ0v) is 11.6. The second-order valence-electron chi connectivity index (χ2n) is 5.24. The van der Waals surface area contributed by atoms with Crippen molar-refractivity contribution in [1.29, 1.82) is 0 Å². The third-order valence-corrected chi connectivity index (χ3v) is 2.96. The summed E-state index contributed by atoms with van der Waals surface area (Å²) in [6, 6.07) is 9.33. The molecule has 0 saturated carbocycles. The predicted molar refractivity (Wildman–Crippen MR) is 76.7 cm³/mol. The van der Waals surface area contributed by atoms with Crippen LogP contribution in [0.1, 0.15) is 24.3 Å². The van der Waals surface area contributed by atoms with E-state index < -0.39 is 5.97 Å². The lowest BCUT2D eigenvalue weighted by Crippen LogP contribution is -2.38. The highest BCUT2D eigenvalue weighted by molar-refractivity contribution is 5.99. The van der Waals surface area contributed by atoms with Crippen molar-refractivity contribution in [2.24, 2.45) is 5.92 Å². The number of H-pyrrole nitrogens is 1. The van der Waals surface area contributed by atoms with Crippen LogP contribution in [0.2, 0.25) is 0 Å². The highest BCUT2D eigenvalue weighted by Crippen LogP contribution is 2.16. The van der Waals surface area contributed by atoms with Crippen molar-refractivity contribution in [2.75, 3.05) is 13.1 Å². The average molecular weight is 274 g/mol. The fourth-order valence-electron chi connectivity index (χ4n) is 2.18. The predicted octanol–water partition coefficient (Wildman–Crippen LogP) is 2.35. The van der Waals surface area contributed by atoms with E-state index in [0.717, 1.165) is 10.9 Å². The number of carbonyl (C=O) groups is 2. The van der Waals surface area contributed by atoms with Crippen LogP contribution in [0.4, 0.5) is 0 Å². The van der Waals surface area contributed by atoms with E-state index in [1.54, 1.807) is 6.07 Å². The number of carbonyl (C=O) groups excluding carboxylic acids is 1. The number of carboxylic acids is 1. The maximum Gasteiger partial charge on any atom is 0.323 e. The average Bonchev–Trinajstić information content (AvgIpc) is 2.79. The van der Waals surface area contributed by atoms with Gasteiger partial charge < -0.3 is 15.0 Å². The second-order valence-corrected chi connectivity index (χ2v) is 5.24. The minimum Gasteiger partial charge on any atom is -0.480 e. The fourth-order valence-corrected chi connectivity index (χ4v) is 2.18. The number of hydrogen-bond donors (Lipinski definition) is 2. The van der Waals surface area contributed by atoms with Gasteiger partial charge in [0, 0.05) is 17.4 Å². The van der Waals surface area contributed by atoms with E-state index in [1.807, 2.05) is 38.1 Å². The summed E-state index contributed by atoms with van der Waals surface area (Å²) in [5, 5.41) is 9.87. The van der Waals surface area contributed by atoms with Gasteiger partial charge in [-0.25, -0.2) is 0 Å². The summed E-state index contributed by atoms with van der Waals surface area (Å²) in [5.41, 5.74) is 1.30. The molecule has 0 fully saturated rings. The van der Waals surface area contributed by atoms with Crippen LogP contribution in [0.25, 0.3) is 10.9 Å². The second kappa shape index (κ2) is 5.77. The van der Waals surface area contributed by atoms with E-state index in [-0.39, 0.29) is 18.4 Å². The van der Waals surface area contributed by atoms with Crippen molar-refractivity contribution in [3.63, 3.8) is 0 Å². The van der Waals surface area contributed by atoms with Crippen molar-refractivity contribution < 1.29 is 14.7 Å². The Bertz CT molecular complexity index is 598. The lowest BCUT2D eigenvalue weighted by molar-refractivity contribution is -0.137. The maximum atomic E-state index is 12.4. The summed E-state index contributed by atoms with van der Waals surface area (Å²) in [4.78, 5) is 27.7. The number of aromatic amines is 1. The highest BCUT2D eigenvalue weighted by atomic mass is 16.4. The van der Waals surface area contributed by atoms with Gasteiger partial charge in [-0.1, -0.05) is 32.0 Å². The number of nitrogens with one attached hydrogen (secondary N) is 1. The van der Waals surface area contributed by atoms with Crippen molar-refractivity contribution in [2.45, 2.75) is 13.8 Å². The van der Waals surface area contributed by atoms with E-state index in [1.165, 1.54) is 4.90 Å². The molecule has 0 atom stereocenters. The Morgan fingerprint density at radius 2 is 2.00 bits per heavy atom. The van der Waals surface area contributed by atoms with Crippen LogP contribution in [0.15, 0.2) is 30.3 Å². The van der Waals surface area contributed by atoms with Gasteiger partial charge in [-0.2, -0.15) is 0 Å². The Morgan fingerprint density at radius 1 is 1.30 bits per heavy atom. The van der Waals surface area contributed by atoms with Gasteiger partial charge in [0.15, 0.2) is 0 Å². The Kier molecular flexibility index (Phi) is 4.08. The summed E-state index contributed by atoms with van der Waals surface area (Å²) in [5.74, 6) is -1.07. The summed E-state index contributed by atoms with van der Waals surface area (Å²) in [7, 11) is 0. The molecule has 0 aliphatic rings. The molecule has 2 aromatic rings. The van der Waals surface area contributed by atoms with Crippen LogP contribution < -0.4 is 0 Å². The molecule has 20 heavy (non-hydrogen) atoms. The van der Waals surface area contributed by atoms with Crippen molar-refractivity contribution >= 4 is 22.8 Å². The van der Waals surface area contributed by atoms with Gasteiger partial charge in [0.2, 0.25) is 0 Å².